The fraction of sp³-hybridized carbons (Fsp3) is 0.500. The average Bonchev–Trinajstić information content (AvgIpc) is 3.12. The molecule has 0 radical (unpaired) electrons. The Balaban J connectivity index is 1.39. The van der Waals surface area contributed by atoms with E-state index in [1.807, 2.05) is 31.2 Å². The van der Waals surface area contributed by atoms with Crippen LogP contribution in [-0.4, -0.2) is 41.7 Å². The molecule has 1 aromatic heterocycles. The highest BCUT2D eigenvalue weighted by Gasteiger charge is 2.43. The number of rotatable bonds is 8. The number of nitrogens with zero attached hydrogens (tertiary/aromatic N) is 2. The normalized spacial score (nSPS) is 22.5. The van der Waals surface area contributed by atoms with Gasteiger partial charge in [-0.3, -0.25) is 9.69 Å². The molecule has 3 aromatic rings. The molecule has 1 aliphatic heterocycles. The fourth-order valence-electron chi connectivity index (χ4n) is 5.76. The topological polar surface area (TPSA) is 96.3 Å². The van der Waals surface area contributed by atoms with Crippen LogP contribution in [0.2, 0.25) is 0 Å². The lowest BCUT2D eigenvalue weighted by atomic mass is 9.86. The minimum atomic E-state index is -0.769. The van der Waals surface area contributed by atoms with Gasteiger partial charge in [0.25, 0.3) is 5.56 Å². The summed E-state index contributed by atoms with van der Waals surface area (Å²) >= 11 is 0. The lowest BCUT2D eigenvalue weighted by Gasteiger charge is -2.30. The first-order chi connectivity index (χ1) is 17.0. The summed E-state index contributed by atoms with van der Waals surface area (Å²) in [6.45, 7) is 5.61. The van der Waals surface area contributed by atoms with Gasteiger partial charge in [0.2, 0.25) is 0 Å². The lowest BCUT2D eigenvalue weighted by Crippen LogP contribution is -2.41. The van der Waals surface area contributed by atoms with Crippen LogP contribution in [0.25, 0.3) is 11.0 Å². The van der Waals surface area contributed by atoms with Crippen molar-refractivity contribution in [1.29, 1.82) is 0 Å². The first kappa shape index (κ1) is 24.0. The fourth-order valence-corrected chi connectivity index (χ4v) is 5.76. The number of methoxy groups -OCH3 is 1. The minimum absolute atomic E-state index is 0.205. The summed E-state index contributed by atoms with van der Waals surface area (Å²) in [7, 11) is 1.77. The first-order valence-corrected chi connectivity index (χ1v) is 12.8. The molecule has 0 saturated heterocycles. The number of aromatic amines is 1. The second kappa shape index (κ2) is 10.1. The number of ether oxygens (including phenoxy) is 1. The smallest absolute Gasteiger partial charge is 0.272 e. The molecule has 186 valence electrons. The largest absolute Gasteiger partial charge is 0.383 e. The van der Waals surface area contributed by atoms with E-state index in [1.54, 1.807) is 7.11 Å². The van der Waals surface area contributed by atoms with Crippen molar-refractivity contribution in [3.05, 3.63) is 69.6 Å². The van der Waals surface area contributed by atoms with Gasteiger partial charge in [-0.05, 0) is 55.0 Å². The van der Waals surface area contributed by atoms with Crippen LogP contribution in [0.4, 0.5) is 5.69 Å². The van der Waals surface area contributed by atoms with Crippen molar-refractivity contribution in [2.45, 2.75) is 57.2 Å². The number of hydrogen-bond acceptors (Lipinski definition) is 6. The molecule has 0 spiro atoms. The highest BCUT2D eigenvalue weighted by Crippen LogP contribution is 2.44. The number of nitrogens with two attached hydrogens (primary N) is 1. The van der Waals surface area contributed by atoms with E-state index in [0.717, 1.165) is 54.4 Å². The Kier molecular flexibility index (Phi) is 6.91. The second-order valence-electron chi connectivity index (χ2n) is 10.4. The molecule has 0 amide bonds. The number of para-hydroxylation sites is 2. The standard InChI is InChI=1S/C28H37N5O2/c1-28(29)21-16-20(18-33(14-15-35-2)17-19-8-4-3-5-9-19)12-13-22(21)31-26(28)25-27(34)32-24-11-7-6-10-23(24)30-25/h6-7,10-13,16,19,26,31H,3-5,8-9,14-15,17-18,29H2,1-2H3,(H,32,34). The van der Waals surface area contributed by atoms with Crippen LogP contribution in [0, 0.1) is 5.92 Å². The third-order valence-corrected chi connectivity index (χ3v) is 7.72. The number of fused-ring (bicyclic) bond motifs is 2. The molecule has 2 unspecified atom stereocenters. The third kappa shape index (κ3) is 4.99. The van der Waals surface area contributed by atoms with Crippen LogP contribution in [0.5, 0.6) is 0 Å². The summed E-state index contributed by atoms with van der Waals surface area (Å²) in [5.74, 6) is 0.770. The molecule has 5 rings (SSSR count). The number of H-pyrrole nitrogens is 1. The molecule has 0 bridgehead atoms. The number of hydrogen-bond donors (Lipinski definition) is 3. The van der Waals surface area contributed by atoms with Gasteiger partial charge >= 0.3 is 0 Å². The lowest BCUT2D eigenvalue weighted by molar-refractivity contribution is 0.124. The number of anilines is 1. The summed E-state index contributed by atoms with van der Waals surface area (Å²) in [5, 5.41) is 3.49. The van der Waals surface area contributed by atoms with Gasteiger partial charge in [-0.25, -0.2) is 4.98 Å². The van der Waals surface area contributed by atoms with Gasteiger partial charge in [-0.2, -0.15) is 0 Å². The zero-order valence-electron chi connectivity index (χ0n) is 20.8. The predicted octanol–water partition coefficient (Wildman–Crippen LogP) is 4.29. The van der Waals surface area contributed by atoms with Crippen molar-refractivity contribution in [2.75, 3.05) is 32.1 Å². The molecule has 35 heavy (non-hydrogen) atoms. The molecule has 1 fully saturated rings. The van der Waals surface area contributed by atoms with Crippen molar-refractivity contribution in [3.8, 4) is 0 Å². The van der Waals surface area contributed by atoms with Crippen LogP contribution in [0.15, 0.2) is 47.3 Å². The highest BCUT2D eigenvalue weighted by molar-refractivity contribution is 5.74. The Morgan fingerprint density at radius 1 is 1.17 bits per heavy atom. The molecule has 2 aliphatic rings. The van der Waals surface area contributed by atoms with E-state index >= 15 is 0 Å². The zero-order chi connectivity index (χ0) is 24.4. The molecular weight excluding hydrogens is 438 g/mol. The Morgan fingerprint density at radius 2 is 1.97 bits per heavy atom. The monoisotopic (exact) mass is 475 g/mol. The van der Waals surface area contributed by atoms with Crippen LogP contribution in [0.1, 0.15) is 61.9 Å². The van der Waals surface area contributed by atoms with Gasteiger partial charge < -0.3 is 20.8 Å². The Labute approximate surface area is 207 Å². The van der Waals surface area contributed by atoms with Crippen LogP contribution >= 0.6 is 0 Å². The summed E-state index contributed by atoms with van der Waals surface area (Å²) in [4.78, 5) is 23.1. The molecule has 7 heteroatoms. The Bertz CT molecular complexity index is 1230. The Hall–Kier alpha value is -2.74. The van der Waals surface area contributed by atoms with Gasteiger partial charge in [0.05, 0.1) is 29.2 Å². The van der Waals surface area contributed by atoms with Crippen molar-refractivity contribution >= 4 is 16.7 Å². The summed E-state index contributed by atoms with van der Waals surface area (Å²) in [5.41, 5.74) is 11.1. The van der Waals surface area contributed by atoms with Crippen LogP contribution < -0.4 is 16.6 Å². The van der Waals surface area contributed by atoms with Crippen LogP contribution in [0.3, 0.4) is 0 Å². The van der Waals surface area contributed by atoms with Crippen molar-refractivity contribution in [3.63, 3.8) is 0 Å². The van der Waals surface area contributed by atoms with E-state index in [4.69, 9.17) is 15.5 Å². The van der Waals surface area contributed by atoms with E-state index in [0.29, 0.717) is 5.69 Å². The molecule has 2 aromatic carbocycles. The third-order valence-electron chi connectivity index (χ3n) is 7.72. The summed E-state index contributed by atoms with van der Waals surface area (Å²) < 4.78 is 5.40. The SMILES string of the molecule is COCCN(Cc1ccc2c(c1)C(C)(N)C(c1nc3ccccc3[nH]c1=O)N2)CC1CCCCC1. The molecule has 4 N–H and O–H groups in total. The van der Waals surface area contributed by atoms with E-state index < -0.39 is 11.6 Å². The number of nitrogens with one attached hydrogen (secondary N) is 2. The van der Waals surface area contributed by atoms with Gasteiger partial charge in [-0.15, -0.1) is 0 Å². The van der Waals surface area contributed by atoms with Gasteiger partial charge in [0, 0.05) is 32.4 Å². The van der Waals surface area contributed by atoms with E-state index in [9.17, 15) is 4.79 Å². The molecular formula is C28H37N5O2. The maximum Gasteiger partial charge on any atom is 0.272 e. The Morgan fingerprint density at radius 3 is 2.77 bits per heavy atom. The van der Waals surface area contributed by atoms with Crippen molar-refractivity contribution in [2.24, 2.45) is 11.7 Å². The zero-order valence-corrected chi connectivity index (χ0v) is 20.8. The maximum absolute atomic E-state index is 12.9. The summed E-state index contributed by atoms with van der Waals surface area (Å²) in [6, 6.07) is 13.6. The second-order valence-corrected chi connectivity index (χ2v) is 10.4. The molecule has 2 atom stereocenters. The van der Waals surface area contributed by atoms with Crippen LogP contribution in [-0.2, 0) is 16.8 Å². The molecule has 7 nitrogen and oxygen atoms in total. The first-order valence-electron chi connectivity index (χ1n) is 12.8. The number of benzene rings is 2. The predicted molar refractivity (Wildman–Crippen MR) is 140 cm³/mol. The molecule has 1 aliphatic carbocycles. The van der Waals surface area contributed by atoms with Crippen molar-refractivity contribution < 1.29 is 4.74 Å². The number of aromatic nitrogens is 2. The van der Waals surface area contributed by atoms with Gasteiger partial charge in [-0.1, -0.05) is 43.5 Å². The quantitative estimate of drug-likeness (QED) is 0.450. The van der Waals surface area contributed by atoms with E-state index in [2.05, 4.69) is 33.4 Å². The van der Waals surface area contributed by atoms with Gasteiger partial charge in [0.1, 0.15) is 5.69 Å². The van der Waals surface area contributed by atoms with E-state index in [1.165, 1.54) is 37.7 Å². The van der Waals surface area contributed by atoms with Crippen molar-refractivity contribution in [1.82, 2.24) is 14.9 Å². The molecule has 1 saturated carbocycles. The van der Waals surface area contributed by atoms with E-state index in [-0.39, 0.29) is 5.56 Å². The average molecular weight is 476 g/mol. The highest BCUT2D eigenvalue weighted by atomic mass is 16.5. The maximum atomic E-state index is 12.9. The minimum Gasteiger partial charge on any atom is -0.383 e. The summed E-state index contributed by atoms with van der Waals surface area (Å²) in [6.07, 6.45) is 6.72. The molecule has 2 heterocycles. The van der Waals surface area contributed by atoms with Gasteiger partial charge in [0.15, 0.2) is 0 Å².